The van der Waals surface area contributed by atoms with Gasteiger partial charge in [-0.25, -0.2) is 0 Å². The topological polar surface area (TPSA) is 78.9 Å². The van der Waals surface area contributed by atoms with Crippen LogP contribution in [0.25, 0.3) is 0 Å². The number of rotatable bonds is 54. The minimum atomic E-state index is -0.783. The fourth-order valence-electron chi connectivity index (χ4n) is 8.54. The Morgan fingerprint density at radius 2 is 0.529 bits per heavy atom. The maximum Gasteiger partial charge on any atom is 0.306 e. The molecule has 0 aliphatic rings. The minimum absolute atomic E-state index is 0.0806. The summed E-state index contributed by atoms with van der Waals surface area (Å²) < 4.78 is 16.9. The first-order chi connectivity index (χ1) is 33.5. The Labute approximate surface area is 422 Å². The molecule has 0 aliphatic carbocycles. The van der Waals surface area contributed by atoms with Crippen molar-refractivity contribution >= 4 is 17.9 Å². The van der Waals surface area contributed by atoms with Gasteiger partial charge < -0.3 is 14.2 Å². The Hall–Kier alpha value is -2.63. The second-order valence-corrected chi connectivity index (χ2v) is 19.9. The van der Waals surface area contributed by atoms with Gasteiger partial charge in [-0.1, -0.05) is 243 Å². The summed E-state index contributed by atoms with van der Waals surface area (Å²) in [7, 11) is 0. The van der Waals surface area contributed by atoms with Gasteiger partial charge in [-0.15, -0.1) is 0 Å². The number of carbonyl (C=O) groups is 3. The number of hydrogen-bond donors (Lipinski definition) is 0. The van der Waals surface area contributed by atoms with E-state index in [2.05, 4.69) is 69.4 Å². The second kappa shape index (κ2) is 57.0. The van der Waals surface area contributed by atoms with E-state index in [1.54, 1.807) is 0 Å². The van der Waals surface area contributed by atoms with Crippen LogP contribution in [0.2, 0.25) is 0 Å². The van der Waals surface area contributed by atoms with Gasteiger partial charge in [-0.2, -0.15) is 0 Å². The highest BCUT2D eigenvalue weighted by molar-refractivity contribution is 5.71. The van der Waals surface area contributed by atoms with Crippen LogP contribution in [-0.2, 0) is 28.6 Å². The summed E-state index contributed by atoms with van der Waals surface area (Å²) in [6, 6.07) is 0. The van der Waals surface area contributed by atoms with Crippen molar-refractivity contribution in [3.05, 3.63) is 48.6 Å². The highest BCUT2D eigenvalue weighted by Gasteiger charge is 2.19. The van der Waals surface area contributed by atoms with Gasteiger partial charge in [-0.3, -0.25) is 14.4 Å². The SMILES string of the molecule is CCCCCC/C=C\CCCCCCCCCC(=O)OCC(COC(=O)CCCCCCC/C=C\C=C/CCCCCCCCC)OC(=O)CCCCCCCCC/C=C\CCCCCCCC. The molecule has 0 fully saturated rings. The highest BCUT2D eigenvalue weighted by Crippen LogP contribution is 2.15. The molecule has 0 bridgehead atoms. The van der Waals surface area contributed by atoms with Gasteiger partial charge in [0.25, 0.3) is 0 Å². The highest BCUT2D eigenvalue weighted by atomic mass is 16.6. The third-order valence-electron chi connectivity index (χ3n) is 13.1. The lowest BCUT2D eigenvalue weighted by molar-refractivity contribution is -0.167. The number of unbranched alkanes of at least 4 members (excludes halogenated alkanes) is 36. The summed E-state index contributed by atoms with van der Waals surface area (Å²) in [6.07, 6.45) is 69.5. The van der Waals surface area contributed by atoms with Crippen molar-refractivity contribution in [3.63, 3.8) is 0 Å². The van der Waals surface area contributed by atoms with Gasteiger partial charge in [0.05, 0.1) is 0 Å². The van der Waals surface area contributed by atoms with Crippen LogP contribution in [0.1, 0.15) is 310 Å². The van der Waals surface area contributed by atoms with E-state index in [-0.39, 0.29) is 31.1 Å². The summed E-state index contributed by atoms with van der Waals surface area (Å²) >= 11 is 0. The molecule has 0 saturated heterocycles. The standard InChI is InChI=1S/C62H112O6/c1-4-7-10-13-16-19-22-25-28-30-32-34-37-40-43-46-49-52-55-61(64)67-58-59(57-66-60(63)54-51-48-45-42-39-36-33-27-24-21-18-15-12-9-6-3)68-62(65)56-53-50-47-44-41-38-35-31-29-26-23-20-17-14-11-8-5-2/h21,24,26,28-30,32,34,59H,4-20,22-23,25,27,31,33,35-58H2,1-3H3/b24-21-,29-26-,30-28-,34-32-. The van der Waals surface area contributed by atoms with Crippen molar-refractivity contribution in [2.24, 2.45) is 0 Å². The van der Waals surface area contributed by atoms with E-state index >= 15 is 0 Å². The van der Waals surface area contributed by atoms with Gasteiger partial charge in [0.2, 0.25) is 0 Å². The molecule has 6 heteroatoms. The van der Waals surface area contributed by atoms with Crippen LogP contribution in [0.3, 0.4) is 0 Å². The molecule has 0 heterocycles. The lowest BCUT2D eigenvalue weighted by atomic mass is 10.1. The van der Waals surface area contributed by atoms with Crippen molar-refractivity contribution in [1.29, 1.82) is 0 Å². The van der Waals surface area contributed by atoms with Gasteiger partial charge in [-0.05, 0) is 96.3 Å². The van der Waals surface area contributed by atoms with Crippen LogP contribution in [0.15, 0.2) is 48.6 Å². The summed E-state index contributed by atoms with van der Waals surface area (Å²) in [6.45, 7) is 6.63. The summed E-state index contributed by atoms with van der Waals surface area (Å²) in [5.74, 6) is -0.890. The van der Waals surface area contributed by atoms with E-state index < -0.39 is 6.10 Å². The van der Waals surface area contributed by atoms with Crippen LogP contribution in [0.4, 0.5) is 0 Å². The molecule has 0 aromatic heterocycles. The third-order valence-corrected chi connectivity index (χ3v) is 13.1. The molecule has 0 rings (SSSR count). The van der Waals surface area contributed by atoms with Crippen LogP contribution in [0.5, 0.6) is 0 Å². The Balaban J connectivity index is 4.39. The number of ether oxygens (including phenoxy) is 3. The molecular weight excluding hydrogens is 841 g/mol. The first kappa shape index (κ1) is 65.4. The molecule has 396 valence electrons. The number of hydrogen-bond acceptors (Lipinski definition) is 6. The normalized spacial score (nSPS) is 12.3. The van der Waals surface area contributed by atoms with Crippen LogP contribution in [-0.4, -0.2) is 37.2 Å². The first-order valence-electron chi connectivity index (χ1n) is 29.7. The molecule has 1 atom stereocenters. The fraction of sp³-hybridized carbons (Fsp3) is 0.823. The van der Waals surface area contributed by atoms with Crippen molar-refractivity contribution in [2.45, 2.75) is 316 Å². The lowest BCUT2D eigenvalue weighted by Crippen LogP contribution is -2.30. The Bertz CT molecular complexity index is 1190. The maximum atomic E-state index is 12.9. The van der Waals surface area contributed by atoms with Gasteiger partial charge in [0.1, 0.15) is 13.2 Å². The van der Waals surface area contributed by atoms with E-state index in [9.17, 15) is 14.4 Å². The van der Waals surface area contributed by atoms with Crippen LogP contribution < -0.4 is 0 Å². The molecule has 6 nitrogen and oxygen atoms in total. The van der Waals surface area contributed by atoms with E-state index in [0.29, 0.717) is 19.3 Å². The molecule has 0 radical (unpaired) electrons. The monoisotopic (exact) mass is 953 g/mol. The van der Waals surface area contributed by atoms with E-state index in [4.69, 9.17) is 14.2 Å². The maximum absolute atomic E-state index is 12.9. The summed E-state index contributed by atoms with van der Waals surface area (Å²) in [4.78, 5) is 38.2. The molecule has 0 aromatic rings. The smallest absolute Gasteiger partial charge is 0.306 e. The molecule has 0 spiro atoms. The predicted molar refractivity (Wildman–Crippen MR) is 293 cm³/mol. The van der Waals surface area contributed by atoms with Crippen molar-refractivity contribution in [3.8, 4) is 0 Å². The molecule has 0 aromatic carbocycles. The number of carbonyl (C=O) groups excluding carboxylic acids is 3. The zero-order valence-electron chi connectivity index (χ0n) is 45.4. The summed E-state index contributed by atoms with van der Waals surface area (Å²) in [5.41, 5.74) is 0. The van der Waals surface area contributed by atoms with E-state index in [1.807, 2.05) is 0 Å². The molecule has 0 N–H and O–H groups in total. The third kappa shape index (κ3) is 54.3. The van der Waals surface area contributed by atoms with Gasteiger partial charge in [0, 0.05) is 19.3 Å². The van der Waals surface area contributed by atoms with Crippen LogP contribution in [0, 0.1) is 0 Å². The molecule has 0 aliphatic heterocycles. The van der Waals surface area contributed by atoms with Crippen LogP contribution >= 0.6 is 0 Å². The zero-order chi connectivity index (χ0) is 49.3. The Morgan fingerprint density at radius 3 is 0.838 bits per heavy atom. The van der Waals surface area contributed by atoms with Crippen molar-refractivity contribution < 1.29 is 28.6 Å². The lowest BCUT2D eigenvalue weighted by Gasteiger charge is -2.18. The largest absolute Gasteiger partial charge is 0.462 e. The molecular formula is C62H112O6. The quantitative estimate of drug-likeness (QED) is 0.0199. The van der Waals surface area contributed by atoms with Crippen molar-refractivity contribution in [2.75, 3.05) is 13.2 Å². The van der Waals surface area contributed by atoms with Gasteiger partial charge in [0.15, 0.2) is 6.10 Å². The molecule has 1 unspecified atom stereocenters. The number of allylic oxidation sites excluding steroid dienone is 8. The molecule has 0 amide bonds. The second-order valence-electron chi connectivity index (χ2n) is 19.9. The molecule has 0 saturated carbocycles. The Kier molecular flexibility index (Phi) is 54.8. The average molecular weight is 954 g/mol. The predicted octanol–water partition coefficient (Wildman–Crippen LogP) is 19.8. The Morgan fingerprint density at radius 1 is 0.294 bits per heavy atom. The van der Waals surface area contributed by atoms with Crippen molar-refractivity contribution in [1.82, 2.24) is 0 Å². The number of esters is 3. The summed E-state index contributed by atoms with van der Waals surface area (Å²) in [5, 5.41) is 0. The molecule has 68 heavy (non-hydrogen) atoms. The fourth-order valence-corrected chi connectivity index (χ4v) is 8.54. The van der Waals surface area contributed by atoms with E-state index in [0.717, 1.165) is 77.0 Å². The average Bonchev–Trinajstić information content (AvgIpc) is 3.34. The minimum Gasteiger partial charge on any atom is -0.462 e. The van der Waals surface area contributed by atoms with E-state index in [1.165, 1.54) is 193 Å². The zero-order valence-corrected chi connectivity index (χ0v) is 45.4. The first-order valence-corrected chi connectivity index (χ1v) is 29.7. The van der Waals surface area contributed by atoms with Gasteiger partial charge >= 0.3 is 17.9 Å².